The molecule has 0 atom stereocenters. The van der Waals surface area contributed by atoms with Crippen molar-refractivity contribution in [2.24, 2.45) is 0 Å². The van der Waals surface area contributed by atoms with E-state index in [9.17, 15) is 8.42 Å². The summed E-state index contributed by atoms with van der Waals surface area (Å²) < 4.78 is 26.8. The summed E-state index contributed by atoms with van der Waals surface area (Å²) in [6.07, 6.45) is 4.23. The van der Waals surface area contributed by atoms with Gasteiger partial charge in [0.1, 0.15) is 0 Å². The van der Waals surface area contributed by atoms with E-state index in [1.165, 1.54) is 3.97 Å². The van der Waals surface area contributed by atoms with Crippen LogP contribution in [0.5, 0.6) is 0 Å². The third-order valence-electron chi connectivity index (χ3n) is 4.51. The summed E-state index contributed by atoms with van der Waals surface area (Å²) in [6.45, 7) is 5.74. The van der Waals surface area contributed by atoms with Crippen LogP contribution in [0, 0.1) is 0 Å². The van der Waals surface area contributed by atoms with Crippen molar-refractivity contribution in [2.75, 3.05) is 36.8 Å². The SMILES string of the molecule is CCCCCS(=O)(=O)n1ccc2c(N3CCNCC3)ccc(Cl)c21. The van der Waals surface area contributed by atoms with Gasteiger partial charge in [0.05, 0.1) is 16.3 Å². The van der Waals surface area contributed by atoms with Crippen molar-refractivity contribution in [3.8, 4) is 0 Å². The summed E-state index contributed by atoms with van der Waals surface area (Å²) in [5, 5.41) is 4.72. The number of benzene rings is 1. The zero-order chi connectivity index (χ0) is 17.2. The first-order valence-electron chi connectivity index (χ1n) is 8.53. The number of anilines is 1. The molecule has 2 heterocycles. The number of halogens is 1. The summed E-state index contributed by atoms with van der Waals surface area (Å²) in [5.41, 5.74) is 1.66. The fourth-order valence-corrected chi connectivity index (χ4v) is 5.01. The molecular weight excluding hydrogens is 346 g/mol. The Balaban J connectivity index is 2.02. The fraction of sp³-hybridized carbons (Fsp3) is 0.529. The minimum Gasteiger partial charge on any atom is -0.368 e. The number of nitrogens with zero attached hydrogens (tertiary/aromatic N) is 2. The van der Waals surface area contributed by atoms with E-state index in [2.05, 4.69) is 17.1 Å². The van der Waals surface area contributed by atoms with E-state index in [4.69, 9.17) is 11.6 Å². The van der Waals surface area contributed by atoms with E-state index in [0.29, 0.717) is 17.0 Å². The summed E-state index contributed by atoms with van der Waals surface area (Å²) in [4.78, 5) is 2.28. The number of hydrogen-bond donors (Lipinski definition) is 1. The summed E-state index contributed by atoms with van der Waals surface area (Å²) in [5.74, 6) is 0.152. The molecule has 0 saturated carbocycles. The summed E-state index contributed by atoms with van der Waals surface area (Å²) >= 11 is 6.37. The Hall–Kier alpha value is -1.24. The fourth-order valence-electron chi connectivity index (χ4n) is 3.22. The Morgan fingerprint density at radius 1 is 1.17 bits per heavy atom. The Kier molecular flexibility index (Phi) is 5.37. The van der Waals surface area contributed by atoms with Crippen molar-refractivity contribution in [1.29, 1.82) is 0 Å². The molecule has 0 radical (unpaired) electrons. The number of fused-ring (bicyclic) bond motifs is 1. The molecule has 0 aliphatic carbocycles. The predicted octanol–water partition coefficient (Wildman–Crippen LogP) is 3.07. The second-order valence-corrected chi connectivity index (χ2v) is 8.57. The molecule has 1 aromatic heterocycles. The van der Waals surface area contributed by atoms with E-state index in [1.807, 2.05) is 12.1 Å². The van der Waals surface area contributed by atoms with Gasteiger partial charge in [-0.25, -0.2) is 12.4 Å². The third kappa shape index (κ3) is 3.41. The first-order valence-corrected chi connectivity index (χ1v) is 10.5. The molecule has 132 valence electrons. The van der Waals surface area contributed by atoms with Gasteiger partial charge in [0, 0.05) is 43.4 Å². The number of unbranched alkanes of at least 4 members (excludes halogenated alkanes) is 2. The van der Waals surface area contributed by atoms with Gasteiger partial charge in [-0.15, -0.1) is 0 Å². The normalized spacial score (nSPS) is 16.0. The minimum atomic E-state index is -3.38. The molecule has 0 amide bonds. The molecule has 5 nitrogen and oxygen atoms in total. The van der Waals surface area contributed by atoms with Crippen molar-refractivity contribution in [3.63, 3.8) is 0 Å². The highest BCUT2D eigenvalue weighted by molar-refractivity contribution is 7.90. The quantitative estimate of drug-likeness (QED) is 0.795. The molecule has 24 heavy (non-hydrogen) atoms. The van der Waals surface area contributed by atoms with Crippen LogP contribution < -0.4 is 10.2 Å². The maximum absolute atomic E-state index is 12.7. The first-order chi connectivity index (χ1) is 11.5. The maximum Gasteiger partial charge on any atom is 0.239 e. The number of hydrogen-bond acceptors (Lipinski definition) is 4. The molecule has 1 aromatic carbocycles. The van der Waals surface area contributed by atoms with Crippen LogP contribution in [0.25, 0.3) is 10.9 Å². The standard InChI is InChI=1S/C17H24ClN3O2S/c1-2-3-4-13-24(22,23)21-10-7-14-16(6-5-15(18)17(14)21)20-11-8-19-9-12-20/h5-7,10,19H,2-4,8-9,11-13H2,1H3. The summed E-state index contributed by atoms with van der Waals surface area (Å²) in [7, 11) is -3.38. The van der Waals surface area contributed by atoms with Crippen LogP contribution in [0.2, 0.25) is 5.02 Å². The lowest BCUT2D eigenvalue weighted by atomic mass is 10.2. The van der Waals surface area contributed by atoms with E-state index in [0.717, 1.165) is 50.1 Å². The Labute approximate surface area is 148 Å². The van der Waals surface area contributed by atoms with Crippen LogP contribution in [-0.4, -0.2) is 44.3 Å². The largest absolute Gasteiger partial charge is 0.368 e. The molecule has 2 aromatic rings. The topological polar surface area (TPSA) is 54.3 Å². The van der Waals surface area contributed by atoms with Crippen LogP contribution in [-0.2, 0) is 10.0 Å². The lowest BCUT2D eigenvalue weighted by molar-refractivity contribution is 0.584. The van der Waals surface area contributed by atoms with Crippen molar-refractivity contribution >= 4 is 38.2 Å². The predicted molar refractivity (Wildman–Crippen MR) is 101 cm³/mol. The Morgan fingerprint density at radius 3 is 2.62 bits per heavy atom. The number of rotatable bonds is 6. The second kappa shape index (κ2) is 7.33. The first kappa shape index (κ1) is 17.6. The highest BCUT2D eigenvalue weighted by Crippen LogP contribution is 2.34. The van der Waals surface area contributed by atoms with Crippen molar-refractivity contribution in [2.45, 2.75) is 26.2 Å². The van der Waals surface area contributed by atoms with Gasteiger partial charge in [0.15, 0.2) is 0 Å². The Bertz CT molecular complexity index is 811. The average molecular weight is 370 g/mol. The average Bonchev–Trinajstić information content (AvgIpc) is 3.03. The zero-order valence-corrected chi connectivity index (χ0v) is 15.5. The van der Waals surface area contributed by atoms with Crippen molar-refractivity contribution in [3.05, 3.63) is 29.4 Å². The summed E-state index contributed by atoms with van der Waals surface area (Å²) in [6, 6.07) is 5.67. The third-order valence-corrected chi connectivity index (χ3v) is 6.52. The van der Waals surface area contributed by atoms with E-state index < -0.39 is 10.0 Å². The second-order valence-electron chi connectivity index (χ2n) is 6.20. The van der Waals surface area contributed by atoms with Gasteiger partial charge in [0.2, 0.25) is 10.0 Å². The van der Waals surface area contributed by atoms with Gasteiger partial charge >= 0.3 is 0 Å². The van der Waals surface area contributed by atoms with Crippen LogP contribution in [0.15, 0.2) is 24.4 Å². The molecule has 3 rings (SSSR count). The zero-order valence-electron chi connectivity index (χ0n) is 14.0. The van der Waals surface area contributed by atoms with Crippen LogP contribution >= 0.6 is 11.6 Å². The number of nitrogens with one attached hydrogen (secondary N) is 1. The van der Waals surface area contributed by atoms with Gasteiger partial charge < -0.3 is 10.2 Å². The molecule has 0 unspecified atom stereocenters. The van der Waals surface area contributed by atoms with Gasteiger partial charge in [-0.3, -0.25) is 0 Å². The molecule has 1 fully saturated rings. The van der Waals surface area contributed by atoms with Gasteiger partial charge in [-0.2, -0.15) is 0 Å². The van der Waals surface area contributed by atoms with Crippen LogP contribution in [0.4, 0.5) is 5.69 Å². The molecular formula is C17H24ClN3O2S. The molecule has 1 aliphatic rings. The maximum atomic E-state index is 12.7. The van der Waals surface area contributed by atoms with Crippen LogP contribution in [0.1, 0.15) is 26.2 Å². The molecule has 1 N–H and O–H groups in total. The molecule has 7 heteroatoms. The molecule has 1 aliphatic heterocycles. The van der Waals surface area contributed by atoms with E-state index in [-0.39, 0.29) is 5.75 Å². The van der Waals surface area contributed by atoms with Gasteiger partial charge in [0.25, 0.3) is 0 Å². The lowest BCUT2D eigenvalue weighted by Gasteiger charge is -2.30. The smallest absolute Gasteiger partial charge is 0.239 e. The highest BCUT2D eigenvalue weighted by Gasteiger charge is 2.21. The monoisotopic (exact) mass is 369 g/mol. The number of piperazine rings is 1. The Morgan fingerprint density at radius 2 is 1.92 bits per heavy atom. The molecule has 1 saturated heterocycles. The van der Waals surface area contributed by atoms with E-state index in [1.54, 1.807) is 12.3 Å². The van der Waals surface area contributed by atoms with Crippen molar-refractivity contribution < 1.29 is 8.42 Å². The highest BCUT2D eigenvalue weighted by atomic mass is 35.5. The van der Waals surface area contributed by atoms with Crippen molar-refractivity contribution in [1.82, 2.24) is 9.29 Å². The minimum absolute atomic E-state index is 0.152. The number of aromatic nitrogens is 1. The van der Waals surface area contributed by atoms with Gasteiger partial charge in [-0.05, 0) is 24.6 Å². The lowest BCUT2D eigenvalue weighted by Crippen LogP contribution is -2.43. The van der Waals surface area contributed by atoms with Gasteiger partial charge in [-0.1, -0.05) is 31.4 Å². The molecule has 0 bridgehead atoms. The van der Waals surface area contributed by atoms with E-state index >= 15 is 0 Å². The van der Waals surface area contributed by atoms with Crippen LogP contribution in [0.3, 0.4) is 0 Å². The molecule has 0 spiro atoms.